The fourth-order valence-electron chi connectivity index (χ4n) is 2.15. The maximum atomic E-state index is 12.2. The van der Waals surface area contributed by atoms with Gasteiger partial charge in [-0.3, -0.25) is 9.59 Å². The second kappa shape index (κ2) is 9.15. The lowest BCUT2D eigenvalue weighted by Crippen LogP contribution is -2.31. The molecular weight excluding hydrogens is 270 g/mol. The van der Waals surface area contributed by atoms with Crippen LogP contribution < -0.4 is 0 Å². The van der Waals surface area contributed by atoms with Gasteiger partial charge >= 0.3 is 5.97 Å². The molecule has 0 aliphatic rings. The van der Waals surface area contributed by atoms with E-state index in [1.807, 2.05) is 10.8 Å². The number of carbonyl (C=O) groups is 2. The fraction of sp³-hybridized carbons (Fsp3) is 0.667. The van der Waals surface area contributed by atoms with Crippen LogP contribution in [0, 0.1) is 0 Å². The van der Waals surface area contributed by atoms with E-state index in [9.17, 15) is 9.59 Å². The minimum absolute atomic E-state index is 0.0337. The van der Waals surface area contributed by atoms with Gasteiger partial charge < -0.3 is 14.2 Å². The molecular formula is C15H25N3O3. The van der Waals surface area contributed by atoms with Gasteiger partial charge in [0.25, 0.3) is 0 Å². The first kappa shape index (κ1) is 17.2. The molecule has 6 heteroatoms. The molecule has 21 heavy (non-hydrogen) atoms. The standard InChI is InChI=1S/C15H25N3O3/c1-4-6-13(18-10-8-16-12-18)11-14(19)17(3)9-7-15(20)21-5-2/h8,10,12-13H,4-7,9,11H2,1-3H3. The van der Waals surface area contributed by atoms with Gasteiger partial charge in [0, 0.05) is 38.4 Å². The van der Waals surface area contributed by atoms with Crippen LogP contribution in [0.15, 0.2) is 18.7 Å². The Kier molecular flexibility index (Phi) is 7.50. The molecule has 0 N–H and O–H groups in total. The number of nitrogens with zero attached hydrogens (tertiary/aromatic N) is 3. The topological polar surface area (TPSA) is 64.4 Å². The number of esters is 1. The third-order valence-corrected chi connectivity index (χ3v) is 3.36. The van der Waals surface area contributed by atoms with Crippen molar-refractivity contribution < 1.29 is 14.3 Å². The molecule has 0 aliphatic carbocycles. The van der Waals surface area contributed by atoms with Crippen LogP contribution in [0.2, 0.25) is 0 Å². The Morgan fingerprint density at radius 2 is 2.14 bits per heavy atom. The van der Waals surface area contributed by atoms with E-state index in [1.54, 1.807) is 31.4 Å². The van der Waals surface area contributed by atoms with Crippen molar-refractivity contribution in [3.05, 3.63) is 18.7 Å². The molecule has 0 spiro atoms. The van der Waals surface area contributed by atoms with E-state index in [4.69, 9.17) is 4.74 Å². The lowest BCUT2D eigenvalue weighted by molar-refractivity contribution is -0.143. The highest BCUT2D eigenvalue weighted by atomic mass is 16.5. The number of carbonyl (C=O) groups excluding carboxylic acids is 2. The van der Waals surface area contributed by atoms with Crippen molar-refractivity contribution in [2.75, 3.05) is 20.2 Å². The molecule has 1 aromatic rings. The van der Waals surface area contributed by atoms with Gasteiger partial charge in [-0.15, -0.1) is 0 Å². The maximum Gasteiger partial charge on any atom is 0.307 e. The summed E-state index contributed by atoms with van der Waals surface area (Å²) in [5, 5.41) is 0. The predicted molar refractivity (Wildman–Crippen MR) is 79.7 cm³/mol. The highest BCUT2D eigenvalue weighted by Gasteiger charge is 2.18. The minimum Gasteiger partial charge on any atom is -0.466 e. The Morgan fingerprint density at radius 1 is 1.38 bits per heavy atom. The summed E-state index contributed by atoms with van der Waals surface area (Å²) in [6.45, 7) is 4.63. The number of hydrogen-bond acceptors (Lipinski definition) is 4. The number of aromatic nitrogens is 2. The summed E-state index contributed by atoms with van der Waals surface area (Å²) in [5.41, 5.74) is 0. The van der Waals surface area contributed by atoms with E-state index in [1.165, 1.54) is 0 Å². The molecule has 118 valence electrons. The van der Waals surface area contributed by atoms with Gasteiger partial charge in [-0.2, -0.15) is 0 Å². The molecule has 0 saturated carbocycles. The van der Waals surface area contributed by atoms with Gasteiger partial charge in [0.2, 0.25) is 5.91 Å². The van der Waals surface area contributed by atoms with E-state index in [2.05, 4.69) is 11.9 Å². The Hall–Kier alpha value is -1.85. The summed E-state index contributed by atoms with van der Waals surface area (Å²) in [6.07, 6.45) is 7.93. The first-order valence-electron chi connectivity index (χ1n) is 7.45. The molecule has 0 bridgehead atoms. The van der Waals surface area contributed by atoms with Crippen molar-refractivity contribution in [2.45, 2.75) is 45.6 Å². The van der Waals surface area contributed by atoms with Gasteiger partial charge in [0.1, 0.15) is 0 Å². The quantitative estimate of drug-likeness (QED) is 0.654. The van der Waals surface area contributed by atoms with E-state index < -0.39 is 0 Å². The molecule has 0 radical (unpaired) electrons. The van der Waals surface area contributed by atoms with Crippen LogP contribution in [0.1, 0.15) is 45.6 Å². The zero-order valence-electron chi connectivity index (χ0n) is 13.1. The average Bonchev–Trinajstić information content (AvgIpc) is 2.98. The van der Waals surface area contributed by atoms with Crippen molar-refractivity contribution in [3.8, 4) is 0 Å². The maximum absolute atomic E-state index is 12.2. The Labute approximate surface area is 126 Å². The largest absolute Gasteiger partial charge is 0.466 e. The first-order valence-corrected chi connectivity index (χ1v) is 7.45. The van der Waals surface area contributed by atoms with Crippen LogP contribution in [-0.2, 0) is 14.3 Å². The molecule has 1 heterocycles. The normalized spacial score (nSPS) is 12.0. The zero-order valence-corrected chi connectivity index (χ0v) is 13.1. The summed E-state index contributed by atoms with van der Waals surface area (Å²) < 4.78 is 6.83. The molecule has 1 unspecified atom stereocenters. The van der Waals surface area contributed by atoms with Gasteiger partial charge in [-0.25, -0.2) is 4.98 Å². The number of imidazole rings is 1. The van der Waals surface area contributed by atoms with Gasteiger partial charge in [-0.1, -0.05) is 13.3 Å². The monoisotopic (exact) mass is 295 g/mol. The predicted octanol–water partition coefficient (Wildman–Crippen LogP) is 2.03. The van der Waals surface area contributed by atoms with E-state index in [0.717, 1.165) is 12.8 Å². The van der Waals surface area contributed by atoms with E-state index >= 15 is 0 Å². The van der Waals surface area contributed by atoms with Crippen LogP contribution in [0.3, 0.4) is 0 Å². The molecule has 6 nitrogen and oxygen atoms in total. The Balaban J connectivity index is 2.47. The van der Waals surface area contributed by atoms with Crippen molar-refractivity contribution >= 4 is 11.9 Å². The second-order valence-electron chi connectivity index (χ2n) is 5.03. The Bertz CT molecular complexity index is 431. The molecule has 1 atom stereocenters. The molecule has 0 saturated heterocycles. The van der Waals surface area contributed by atoms with Crippen molar-refractivity contribution in [2.24, 2.45) is 0 Å². The van der Waals surface area contributed by atoms with Crippen LogP contribution in [0.5, 0.6) is 0 Å². The molecule has 1 amide bonds. The van der Waals surface area contributed by atoms with Gasteiger partial charge in [0.15, 0.2) is 0 Å². The van der Waals surface area contributed by atoms with Crippen LogP contribution in [-0.4, -0.2) is 46.5 Å². The summed E-state index contributed by atoms with van der Waals surface area (Å²) in [4.78, 5) is 29.2. The van der Waals surface area contributed by atoms with Crippen LogP contribution in [0.25, 0.3) is 0 Å². The number of hydrogen-bond donors (Lipinski definition) is 0. The smallest absolute Gasteiger partial charge is 0.307 e. The highest BCUT2D eigenvalue weighted by Crippen LogP contribution is 2.18. The lowest BCUT2D eigenvalue weighted by Gasteiger charge is -2.22. The molecule has 1 rings (SSSR count). The third kappa shape index (κ3) is 5.97. The third-order valence-electron chi connectivity index (χ3n) is 3.36. The van der Waals surface area contributed by atoms with Crippen molar-refractivity contribution in [3.63, 3.8) is 0 Å². The lowest BCUT2D eigenvalue weighted by atomic mass is 10.1. The van der Waals surface area contributed by atoms with Gasteiger partial charge in [0.05, 0.1) is 19.4 Å². The first-order chi connectivity index (χ1) is 10.1. The summed E-state index contributed by atoms with van der Waals surface area (Å²) >= 11 is 0. The summed E-state index contributed by atoms with van der Waals surface area (Å²) in [7, 11) is 1.72. The Morgan fingerprint density at radius 3 is 2.71 bits per heavy atom. The molecule has 0 aromatic carbocycles. The van der Waals surface area contributed by atoms with E-state index in [-0.39, 0.29) is 24.3 Å². The van der Waals surface area contributed by atoms with Crippen LogP contribution in [0.4, 0.5) is 0 Å². The minimum atomic E-state index is -0.267. The van der Waals surface area contributed by atoms with Crippen molar-refractivity contribution in [1.29, 1.82) is 0 Å². The SMILES string of the molecule is CCCC(CC(=O)N(C)CCC(=O)OCC)n1ccnc1. The average molecular weight is 295 g/mol. The number of amides is 1. The summed E-state index contributed by atoms with van der Waals surface area (Å²) in [6, 6.07) is 0.120. The second-order valence-corrected chi connectivity index (χ2v) is 5.03. The fourth-order valence-corrected chi connectivity index (χ4v) is 2.15. The van der Waals surface area contributed by atoms with Crippen LogP contribution >= 0.6 is 0 Å². The number of rotatable bonds is 9. The van der Waals surface area contributed by atoms with Gasteiger partial charge in [-0.05, 0) is 13.3 Å². The van der Waals surface area contributed by atoms with Crippen molar-refractivity contribution in [1.82, 2.24) is 14.5 Å². The number of ether oxygens (including phenoxy) is 1. The summed E-state index contributed by atoms with van der Waals surface area (Å²) in [5.74, 6) is -0.233. The molecule has 0 aliphatic heterocycles. The highest BCUT2D eigenvalue weighted by molar-refractivity contribution is 5.77. The van der Waals surface area contributed by atoms with E-state index in [0.29, 0.717) is 19.6 Å². The molecule has 1 aromatic heterocycles. The molecule has 0 fully saturated rings. The zero-order chi connectivity index (χ0) is 15.7.